The summed E-state index contributed by atoms with van der Waals surface area (Å²) < 4.78 is 11.6. The summed E-state index contributed by atoms with van der Waals surface area (Å²) in [4.78, 5) is 9.09. The van der Waals surface area contributed by atoms with Crippen molar-refractivity contribution < 1.29 is 19.0 Å². The summed E-state index contributed by atoms with van der Waals surface area (Å²) in [5, 5.41) is 9.64. The van der Waals surface area contributed by atoms with E-state index in [1.165, 1.54) is 6.66 Å². The number of likely N-dealkylation sites (N-methyl/N-ethyl adjacent to an activating group) is 1. The first-order valence-corrected chi connectivity index (χ1v) is 6.62. The van der Waals surface area contributed by atoms with E-state index in [1.807, 2.05) is 28.1 Å². The molecule has 0 aromatic carbocycles. The topological polar surface area (TPSA) is 57.5 Å². The number of hydrogen-bond donors (Lipinski definition) is 2. The van der Waals surface area contributed by atoms with Gasteiger partial charge in [0, 0.05) is 6.66 Å². The average molecular weight is 210 g/mol. The van der Waals surface area contributed by atoms with Gasteiger partial charge in [0.05, 0.1) is 27.3 Å². The monoisotopic (exact) mass is 210 g/mol. The average Bonchev–Trinajstić information content (AvgIpc) is 1.79. The summed E-state index contributed by atoms with van der Waals surface area (Å²) in [6.45, 7) is 3.15. The molecule has 0 aromatic rings. The molecule has 0 aromatic heterocycles. The maximum Gasteiger partial charge on any atom is 0.200 e. The van der Waals surface area contributed by atoms with Crippen molar-refractivity contribution in [3.05, 3.63) is 0 Å². The number of aliphatic hydroxyl groups is 1. The first-order chi connectivity index (χ1) is 5.54. The van der Waals surface area contributed by atoms with Crippen molar-refractivity contribution >= 4 is 7.37 Å². The van der Waals surface area contributed by atoms with Crippen molar-refractivity contribution in [1.29, 1.82) is 0 Å². The molecule has 0 heterocycles. The van der Waals surface area contributed by atoms with Gasteiger partial charge in [-0.3, -0.25) is 4.57 Å². The summed E-state index contributed by atoms with van der Waals surface area (Å²) in [6, 6.07) is -0.0413. The molecule has 3 atom stereocenters. The Hall–Kier alpha value is 0.110. The standard InChI is InChI=1S/C8H20NO3P/c1-7(9(2,3)4)8(10)6-13(5,11)12/h7-8,10H,6H2,1-5H3/p+1. The molecule has 0 spiro atoms. The van der Waals surface area contributed by atoms with Crippen LogP contribution in [-0.2, 0) is 4.57 Å². The van der Waals surface area contributed by atoms with Crippen LogP contribution in [0.15, 0.2) is 0 Å². The fourth-order valence-electron chi connectivity index (χ4n) is 1.02. The third-order valence-corrected chi connectivity index (χ3v) is 3.36. The third-order valence-electron chi connectivity index (χ3n) is 2.30. The Labute approximate surface area is 80.2 Å². The van der Waals surface area contributed by atoms with Crippen LogP contribution in [0.5, 0.6) is 0 Å². The quantitative estimate of drug-likeness (QED) is 0.519. The van der Waals surface area contributed by atoms with E-state index < -0.39 is 13.5 Å². The number of nitrogens with zero attached hydrogens (tertiary/aromatic N) is 1. The highest BCUT2D eigenvalue weighted by Crippen LogP contribution is 2.36. The van der Waals surface area contributed by atoms with Gasteiger partial charge in [-0.2, -0.15) is 0 Å². The maximum absolute atomic E-state index is 11.0. The Bertz CT molecular complexity index is 206. The van der Waals surface area contributed by atoms with Crippen LogP contribution < -0.4 is 0 Å². The Kier molecular flexibility index (Phi) is 4.13. The van der Waals surface area contributed by atoms with Crippen LogP contribution in [0, 0.1) is 0 Å². The Morgan fingerprint density at radius 3 is 2.00 bits per heavy atom. The predicted octanol–water partition coefficient (Wildman–Crippen LogP) is 0.342. The van der Waals surface area contributed by atoms with E-state index in [2.05, 4.69) is 0 Å². The zero-order valence-corrected chi connectivity index (χ0v) is 9.95. The maximum atomic E-state index is 11.0. The Morgan fingerprint density at radius 1 is 1.38 bits per heavy atom. The molecule has 0 aliphatic heterocycles. The molecule has 13 heavy (non-hydrogen) atoms. The third kappa shape index (κ3) is 5.42. The van der Waals surface area contributed by atoms with Gasteiger partial charge in [0.1, 0.15) is 12.1 Å². The van der Waals surface area contributed by atoms with Gasteiger partial charge in [0.2, 0.25) is 0 Å². The second kappa shape index (κ2) is 4.09. The van der Waals surface area contributed by atoms with Gasteiger partial charge < -0.3 is 14.5 Å². The minimum Gasteiger partial charge on any atom is -0.386 e. The second-order valence-corrected chi connectivity index (χ2v) is 7.12. The first kappa shape index (κ1) is 13.1. The summed E-state index contributed by atoms with van der Waals surface area (Å²) in [5.41, 5.74) is 0. The van der Waals surface area contributed by atoms with E-state index in [0.29, 0.717) is 4.48 Å². The van der Waals surface area contributed by atoms with Crippen LogP contribution in [0.1, 0.15) is 6.92 Å². The summed E-state index contributed by atoms with van der Waals surface area (Å²) >= 11 is 0. The number of hydrogen-bond acceptors (Lipinski definition) is 2. The van der Waals surface area contributed by atoms with Crippen molar-refractivity contribution in [2.24, 2.45) is 0 Å². The van der Waals surface area contributed by atoms with Crippen molar-refractivity contribution in [2.45, 2.75) is 19.1 Å². The first-order valence-electron chi connectivity index (χ1n) is 4.32. The van der Waals surface area contributed by atoms with Gasteiger partial charge in [-0.25, -0.2) is 0 Å². The highest BCUT2D eigenvalue weighted by atomic mass is 31.2. The van der Waals surface area contributed by atoms with Crippen LogP contribution in [0.3, 0.4) is 0 Å². The van der Waals surface area contributed by atoms with Crippen LogP contribution in [0.4, 0.5) is 0 Å². The predicted molar refractivity (Wildman–Crippen MR) is 54.1 cm³/mol. The molecule has 0 rings (SSSR count). The van der Waals surface area contributed by atoms with Gasteiger partial charge in [0.25, 0.3) is 0 Å². The normalized spacial score (nSPS) is 22.1. The number of quaternary nitrogens is 1. The van der Waals surface area contributed by atoms with Crippen molar-refractivity contribution in [2.75, 3.05) is 34.0 Å². The van der Waals surface area contributed by atoms with Gasteiger partial charge in [-0.1, -0.05) is 0 Å². The molecule has 0 radical (unpaired) electrons. The fraction of sp³-hybridized carbons (Fsp3) is 1.00. The van der Waals surface area contributed by atoms with Crippen molar-refractivity contribution in [3.8, 4) is 0 Å². The summed E-state index contributed by atoms with van der Waals surface area (Å²) in [6.07, 6.45) is -0.746. The van der Waals surface area contributed by atoms with Gasteiger partial charge in [0.15, 0.2) is 7.37 Å². The van der Waals surface area contributed by atoms with E-state index in [-0.39, 0.29) is 12.2 Å². The molecule has 3 unspecified atom stereocenters. The van der Waals surface area contributed by atoms with Gasteiger partial charge in [-0.15, -0.1) is 0 Å². The molecule has 0 amide bonds. The molecule has 0 aliphatic rings. The molecule has 0 bridgehead atoms. The lowest BCUT2D eigenvalue weighted by molar-refractivity contribution is -0.897. The SMILES string of the molecule is CC(C(O)CP(C)(=O)O)[N+](C)(C)C. The zero-order chi connectivity index (χ0) is 10.9. The van der Waals surface area contributed by atoms with Crippen LogP contribution in [0.2, 0.25) is 0 Å². The molecule has 0 saturated carbocycles. The fourth-order valence-corrected chi connectivity index (χ4v) is 2.02. The Balaban J connectivity index is 4.29. The molecule has 4 nitrogen and oxygen atoms in total. The number of rotatable bonds is 4. The van der Waals surface area contributed by atoms with Crippen LogP contribution in [-0.4, -0.2) is 60.6 Å². The lowest BCUT2D eigenvalue weighted by Gasteiger charge is -2.34. The number of aliphatic hydroxyl groups excluding tert-OH is 1. The molecule has 0 fully saturated rings. The smallest absolute Gasteiger partial charge is 0.200 e. The highest BCUT2D eigenvalue weighted by Gasteiger charge is 2.30. The van der Waals surface area contributed by atoms with Gasteiger partial charge >= 0.3 is 0 Å². The van der Waals surface area contributed by atoms with E-state index >= 15 is 0 Å². The van der Waals surface area contributed by atoms with E-state index in [1.54, 1.807) is 0 Å². The molecular weight excluding hydrogens is 189 g/mol. The summed E-state index contributed by atoms with van der Waals surface area (Å²) in [5.74, 6) is 0. The van der Waals surface area contributed by atoms with Crippen molar-refractivity contribution in [1.82, 2.24) is 0 Å². The van der Waals surface area contributed by atoms with Crippen molar-refractivity contribution in [3.63, 3.8) is 0 Å². The van der Waals surface area contributed by atoms with Gasteiger partial charge in [-0.05, 0) is 6.92 Å². The molecular formula is C8H21NO3P+. The van der Waals surface area contributed by atoms with Crippen LogP contribution >= 0.6 is 7.37 Å². The molecule has 0 saturated heterocycles. The highest BCUT2D eigenvalue weighted by molar-refractivity contribution is 7.57. The second-order valence-electron chi connectivity index (χ2n) is 4.66. The summed E-state index contributed by atoms with van der Waals surface area (Å²) in [7, 11) is 2.75. The van der Waals surface area contributed by atoms with E-state index in [4.69, 9.17) is 4.89 Å². The zero-order valence-electron chi connectivity index (χ0n) is 9.06. The molecule has 0 aliphatic carbocycles. The Morgan fingerprint density at radius 2 is 1.77 bits per heavy atom. The van der Waals surface area contributed by atoms with E-state index in [0.717, 1.165) is 0 Å². The largest absolute Gasteiger partial charge is 0.386 e. The van der Waals surface area contributed by atoms with E-state index in [9.17, 15) is 9.67 Å². The molecule has 5 heteroatoms. The molecule has 80 valence electrons. The minimum absolute atomic E-state index is 0.0241. The molecule has 2 N–H and O–H groups in total. The van der Waals surface area contributed by atoms with Crippen LogP contribution in [0.25, 0.3) is 0 Å². The lowest BCUT2D eigenvalue weighted by Crippen LogP contribution is -2.50. The minimum atomic E-state index is -3.11. The lowest BCUT2D eigenvalue weighted by atomic mass is 10.2.